The van der Waals surface area contributed by atoms with Crippen LogP contribution in [0.25, 0.3) is 0 Å². The van der Waals surface area contributed by atoms with E-state index in [0.717, 1.165) is 37.4 Å². The molecule has 0 saturated carbocycles. The third-order valence-corrected chi connectivity index (χ3v) is 4.79. The summed E-state index contributed by atoms with van der Waals surface area (Å²) in [6.07, 6.45) is 2.82. The maximum atomic E-state index is 12.1. The molecule has 1 aliphatic heterocycles. The average molecular weight is 309 g/mol. The Morgan fingerprint density at radius 2 is 1.90 bits per heavy atom. The maximum absolute atomic E-state index is 12.1. The van der Waals surface area contributed by atoms with Crippen molar-refractivity contribution in [3.63, 3.8) is 0 Å². The lowest BCUT2D eigenvalue weighted by Crippen LogP contribution is -2.40. The lowest BCUT2D eigenvalue weighted by atomic mass is 10.1. The molecule has 1 amide bonds. The summed E-state index contributed by atoms with van der Waals surface area (Å²) in [5.74, 6) is 1.93. The molecule has 21 heavy (non-hydrogen) atoms. The van der Waals surface area contributed by atoms with Crippen molar-refractivity contribution in [2.45, 2.75) is 30.3 Å². The van der Waals surface area contributed by atoms with Gasteiger partial charge in [-0.25, -0.2) is 0 Å². The largest absolute Gasteiger partial charge is 0.497 e. The van der Waals surface area contributed by atoms with Crippen LogP contribution in [0.2, 0.25) is 0 Å². The van der Waals surface area contributed by atoms with Crippen LogP contribution in [0.1, 0.15) is 19.3 Å². The second-order valence-corrected chi connectivity index (χ2v) is 6.26. The number of rotatable bonds is 6. The molecule has 1 saturated heterocycles. The van der Waals surface area contributed by atoms with Crippen molar-refractivity contribution < 1.29 is 14.3 Å². The van der Waals surface area contributed by atoms with Gasteiger partial charge in [0.15, 0.2) is 0 Å². The van der Waals surface area contributed by atoms with Crippen molar-refractivity contribution in [1.82, 2.24) is 4.90 Å². The number of ether oxygens (including phenoxy) is 2. The summed E-state index contributed by atoms with van der Waals surface area (Å²) in [4.78, 5) is 15.3. The number of hydrogen-bond donors (Lipinski definition) is 0. The Balaban J connectivity index is 1.69. The molecule has 0 atom stereocenters. The smallest absolute Gasteiger partial charge is 0.223 e. The molecule has 0 aromatic heterocycles. The van der Waals surface area contributed by atoms with Crippen molar-refractivity contribution in [3.05, 3.63) is 24.3 Å². The molecule has 1 aromatic carbocycles. The molecule has 1 aliphatic rings. The fraction of sp³-hybridized carbons (Fsp3) is 0.562. The van der Waals surface area contributed by atoms with E-state index in [1.165, 1.54) is 4.90 Å². The van der Waals surface area contributed by atoms with Gasteiger partial charge < -0.3 is 14.4 Å². The van der Waals surface area contributed by atoms with Gasteiger partial charge >= 0.3 is 0 Å². The second kappa shape index (κ2) is 8.29. The third-order valence-electron chi connectivity index (χ3n) is 3.77. The van der Waals surface area contributed by atoms with Gasteiger partial charge in [-0.05, 0) is 37.1 Å². The molecule has 116 valence electrons. The van der Waals surface area contributed by atoms with Gasteiger partial charge in [0.25, 0.3) is 0 Å². The van der Waals surface area contributed by atoms with Crippen molar-refractivity contribution in [3.8, 4) is 5.75 Å². The molecule has 0 radical (unpaired) electrons. The number of nitrogens with zero attached hydrogens (tertiary/aromatic N) is 1. The third kappa shape index (κ3) is 4.93. The molecule has 1 heterocycles. The molecule has 5 heteroatoms. The van der Waals surface area contributed by atoms with Crippen molar-refractivity contribution in [2.24, 2.45) is 0 Å². The van der Waals surface area contributed by atoms with Gasteiger partial charge in [0.1, 0.15) is 5.75 Å². The van der Waals surface area contributed by atoms with Crippen molar-refractivity contribution in [1.29, 1.82) is 0 Å². The Kier molecular flexibility index (Phi) is 6.39. The summed E-state index contributed by atoms with van der Waals surface area (Å²) in [5, 5.41) is 0. The molecule has 0 aliphatic carbocycles. The van der Waals surface area contributed by atoms with Gasteiger partial charge in [0.05, 0.1) is 13.2 Å². The quantitative estimate of drug-likeness (QED) is 0.758. The zero-order valence-corrected chi connectivity index (χ0v) is 13.5. The number of hydrogen-bond acceptors (Lipinski definition) is 4. The number of benzene rings is 1. The monoisotopic (exact) mass is 309 g/mol. The lowest BCUT2D eigenvalue weighted by Gasteiger charge is -2.31. The summed E-state index contributed by atoms with van der Waals surface area (Å²) in [6.45, 7) is 1.65. The van der Waals surface area contributed by atoms with E-state index in [9.17, 15) is 4.79 Å². The number of thioether (sulfide) groups is 1. The van der Waals surface area contributed by atoms with E-state index in [-0.39, 0.29) is 5.91 Å². The highest BCUT2D eigenvalue weighted by molar-refractivity contribution is 7.99. The van der Waals surface area contributed by atoms with Gasteiger partial charge in [-0.2, -0.15) is 0 Å². The number of likely N-dealkylation sites (tertiary alicyclic amines) is 1. The SMILES string of the molecule is COc1ccc(SCCC(=O)N2CCC(OC)CC2)cc1. The minimum absolute atomic E-state index is 0.255. The highest BCUT2D eigenvalue weighted by atomic mass is 32.2. The molecule has 0 spiro atoms. The number of amides is 1. The summed E-state index contributed by atoms with van der Waals surface area (Å²) < 4.78 is 10.5. The summed E-state index contributed by atoms with van der Waals surface area (Å²) >= 11 is 1.71. The van der Waals surface area contributed by atoms with E-state index in [0.29, 0.717) is 12.5 Å². The zero-order chi connectivity index (χ0) is 15.1. The van der Waals surface area contributed by atoms with Gasteiger partial charge in [0, 0.05) is 37.3 Å². The van der Waals surface area contributed by atoms with E-state index in [2.05, 4.69) is 0 Å². The number of piperidine rings is 1. The number of carbonyl (C=O) groups is 1. The van der Waals surface area contributed by atoms with E-state index < -0.39 is 0 Å². The fourth-order valence-electron chi connectivity index (χ4n) is 2.43. The molecular formula is C16H23NO3S. The van der Waals surface area contributed by atoms with Crippen LogP contribution in [0, 0.1) is 0 Å². The van der Waals surface area contributed by atoms with Crippen LogP contribution in [0.15, 0.2) is 29.2 Å². The Labute approximate surface area is 130 Å². The topological polar surface area (TPSA) is 38.8 Å². The molecule has 0 N–H and O–H groups in total. The Bertz CT molecular complexity index is 441. The van der Waals surface area contributed by atoms with E-state index in [4.69, 9.17) is 9.47 Å². The molecule has 4 nitrogen and oxygen atoms in total. The highest BCUT2D eigenvalue weighted by Gasteiger charge is 2.21. The molecule has 0 unspecified atom stereocenters. The predicted octanol–water partition coefficient (Wildman–Crippen LogP) is 2.81. The summed E-state index contributed by atoms with van der Waals surface area (Å²) in [5.41, 5.74) is 0. The van der Waals surface area contributed by atoms with Crippen LogP contribution >= 0.6 is 11.8 Å². The minimum atomic E-state index is 0.255. The Morgan fingerprint density at radius 3 is 2.48 bits per heavy atom. The van der Waals surface area contributed by atoms with Gasteiger partial charge in [0.2, 0.25) is 5.91 Å². The fourth-order valence-corrected chi connectivity index (χ4v) is 3.27. The predicted molar refractivity (Wildman–Crippen MR) is 84.9 cm³/mol. The first-order chi connectivity index (χ1) is 10.2. The normalized spacial score (nSPS) is 16.0. The molecule has 2 rings (SSSR count). The first kappa shape index (κ1) is 16.2. The minimum Gasteiger partial charge on any atom is -0.497 e. The average Bonchev–Trinajstić information content (AvgIpc) is 2.55. The summed E-state index contributed by atoms with van der Waals surface area (Å²) in [7, 11) is 3.40. The second-order valence-electron chi connectivity index (χ2n) is 5.09. The first-order valence-corrected chi connectivity index (χ1v) is 8.29. The van der Waals surface area contributed by atoms with Crippen LogP contribution in [0.3, 0.4) is 0 Å². The van der Waals surface area contributed by atoms with Gasteiger partial charge in [-0.15, -0.1) is 11.8 Å². The highest BCUT2D eigenvalue weighted by Crippen LogP contribution is 2.22. The standard InChI is InChI=1S/C16H23NO3S/c1-19-13-3-5-15(6-4-13)21-12-9-16(18)17-10-7-14(20-2)8-11-17/h3-6,14H,7-12H2,1-2H3. The molecule has 0 bridgehead atoms. The van der Waals surface area contributed by atoms with Gasteiger partial charge in [-0.3, -0.25) is 4.79 Å². The van der Waals surface area contributed by atoms with E-state index in [1.807, 2.05) is 29.2 Å². The van der Waals surface area contributed by atoms with Gasteiger partial charge in [-0.1, -0.05) is 0 Å². The Morgan fingerprint density at radius 1 is 1.24 bits per heavy atom. The maximum Gasteiger partial charge on any atom is 0.223 e. The van der Waals surface area contributed by atoms with Crippen LogP contribution < -0.4 is 4.74 Å². The molecular weight excluding hydrogens is 286 g/mol. The van der Waals surface area contributed by atoms with Crippen LogP contribution in [-0.2, 0) is 9.53 Å². The van der Waals surface area contributed by atoms with E-state index in [1.54, 1.807) is 26.0 Å². The Hall–Kier alpha value is -1.20. The zero-order valence-electron chi connectivity index (χ0n) is 12.7. The molecule has 1 aromatic rings. The first-order valence-electron chi connectivity index (χ1n) is 7.30. The molecule has 1 fully saturated rings. The van der Waals surface area contributed by atoms with Crippen LogP contribution in [-0.4, -0.2) is 50.0 Å². The van der Waals surface area contributed by atoms with E-state index >= 15 is 0 Å². The van der Waals surface area contributed by atoms with Crippen molar-refractivity contribution >= 4 is 17.7 Å². The van der Waals surface area contributed by atoms with Crippen molar-refractivity contribution in [2.75, 3.05) is 33.1 Å². The summed E-state index contributed by atoms with van der Waals surface area (Å²) in [6, 6.07) is 7.94. The number of carbonyl (C=O) groups excluding carboxylic acids is 1. The number of methoxy groups -OCH3 is 2. The van der Waals surface area contributed by atoms with Crippen LogP contribution in [0.4, 0.5) is 0 Å². The lowest BCUT2D eigenvalue weighted by molar-refractivity contribution is -0.133. The van der Waals surface area contributed by atoms with Crippen LogP contribution in [0.5, 0.6) is 5.75 Å².